The number of amides is 2. The van der Waals surface area contributed by atoms with Crippen LogP contribution in [0.1, 0.15) is 48.9 Å². The van der Waals surface area contributed by atoms with E-state index >= 15 is 0 Å². The van der Waals surface area contributed by atoms with E-state index in [1.807, 2.05) is 6.07 Å². The van der Waals surface area contributed by atoms with Gasteiger partial charge in [0.2, 0.25) is 5.91 Å². The van der Waals surface area contributed by atoms with Crippen LogP contribution in [0.4, 0.5) is 4.79 Å². The maximum absolute atomic E-state index is 12.5. The smallest absolute Gasteiger partial charge is 0.417 e. The normalized spacial score (nSPS) is 21.5. The van der Waals surface area contributed by atoms with Gasteiger partial charge in [0, 0.05) is 12.0 Å². The van der Waals surface area contributed by atoms with E-state index in [2.05, 4.69) is 0 Å². The Morgan fingerprint density at radius 3 is 2.52 bits per heavy atom. The molecule has 1 aliphatic heterocycles. The molecule has 1 atom stereocenters. The first-order valence-corrected chi connectivity index (χ1v) is 8.25. The van der Waals surface area contributed by atoms with E-state index in [4.69, 9.17) is 4.74 Å². The maximum atomic E-state index is 12.5. The van der Waals surface area contributed by atoms with Crippen molar-refractivity contribution >= 4 is 17.8 Å². The molecular formula is C18H21NO4. The van der Waals surface area contributed by atoms with E-state index in [0.717, 1.165) is 24.2 Å². The van der Waals surface area contributed by atoms with Crippen molar-refractivity contribution in [3.63, 3.8) is 0 Å². The standard InChI is InChI=1S/C18H21NO4/c20-16(11-10-13-6-4-5-7-13)19-15(12-23-18(19)22)17(21)14-8-2-1-3-9-14/h1-3,8-9,13,15H,4-7,10-12H2/t15-/m1/s1. The molecule has 2 fully saturated rings. The molecule has 2 aliphatic rings. The molecule has 5 nitrogen and oxygen atoms in total. The quantitative estimate of drug-likeness (QED) is 0.783. The first-order chi connectivity index (χ1) is 11.2. The van der Waals surface area contributed by atoms with E-state index < -0.39 is 12.1 Å². The van der Waals surface area contributed by atoms with Crippen molar-refractivity contribution in [2.24, 2.45) is 5.92 Å². The average Bonchev–Trinajstić information content (AvgIpc) is 3.22. The Labute approximate surface area is 135 Å². The molecule has 1 aromatic carbocycles. The van der Waals surface area contributed by atoms with Crippen LogP contribution in [0, 0.1) is 5.92 Å². The third kappa shape index (κ3) is 3.44. The SMILES string of the molecule is O=C(c1ccccc1)[C@H]1COC(=O)N1C(=O)CCC1CCCC1. The van der Waals surface area contributed by atoms with Gasteiger partial charge in [-0.1, -0.05) is 56.0 Å². The van der Waals surface area contributed by atoms with Crippen LogP contribution in [0.5, 0.6) is 0 Å². The van der Waals surface area contributed by atoms with Gasteiger partial charge in [-0.3, -0.25) is 9.59 Å². The number of Topliss-reactive ketones (excluding diaryl/α,β-unsaturated/α-hetero) is 1. The zero-order valence-electron chi connectivity index (χ0n) is 13.1. The number of rotatable bonds is 5. The molecule has 0 radical (unpaired) electrons. The van der Waals surface area contributed by atoms with E-state index in [1.54, 1.807) is 24.3 Å². The molecular weight excluding hydrogens is 294 g/mol. The van der Waals surface area contributed by atoms with Gasteiger partial charge in [0.05, 0.1) is 0 Å². The number of carbonyl (C=O) groups is 3. The molecule has 0 unspecified atom stereocenters. The first kappa shape index (κ1) is 15.7. The third-order valence-electron chi connectivity index (χ3n) is 4.74. The molecule has 1 saturated carbocycles. The summed E-state index contributed by atoms with van der Waals surface area (Å²) in [4.78, 5) is 37.9. The Bertz CT molecular complexity index is 592. The summed E-state index contributed by atoms with van der Waals surface area (Å²) in [6.07, 6.45) is 5.15. The van der Waals surface area contributed by atoms with Gasteiger partial charge in [0.25, 0.3) is 0 Å². The van der Waals surface area contributed by atoms with Crippen LogP contribution in [0.2, 0.25) is 0 Å². The Kier molecular flexibility index (Phi) is 4.74. The van der Waals surface area contributed by atoms with Gasteiger partial charge in [-0.15, -0.1) is 0 Å². The molecule has 3 rings (SSSR count). The van der Waals surface area contributed by atoms with Crippen molar-refractivity contribution in [2.45, 2.75) is 44.6 Å². The minimum absolute atomic E-state index is 0.0538. The lowest BCUT2D eigenvalue weighted by molar-refractivity contribution is -0.129. The fourth-order valence-corrected chi connectivity index (χ4v) is 3.43. The lowest BCUT2D eigenvalue weighted by atomic mass is 10.0. The minimum atomic E-state index is -0.832. The molecule has 1 aliphatic carbocycles. The van der Waals surface area contributed by atoms with Crippen LogP contribution >= 0.6 is 0 Å². The van der Waals surface area contributed by atoms with E-state index in [1.165, 1.54) is 12.8 Å². The van der Waals surface area contributed by atoms with Crippen LogP contribution in [0.3, 0.4) is 0 Å². The summed E-state index contributed by atoms with van der Waals surface area (Å²) in [5.41, 5.74) is 0.490. The Balaban J connectivity index is 1.66. The monoisotopic (exact) mass is 315 g/mol. The molecule has 23 heavy (non-hydrogen) atoms. The summed E-state index contributed by atoms with van der Waals surface area (Å²) in [7, 11) is 0. The molecule has 0 N–H and O–H groups in total. The summed E-state index contributed by atoms with van der Waals surface area (Å²) < 4.78 is 4.96. The zero-order chi connectivity index (χ0) is 16.2. The van der Waals surface area contributed by atoms with Gasteiger partial charge >= 0.3 is 6.09 Å². The number of ether oxygens (including phenoxy) is 1. The third-order valence-corrected chi connectivity index (χ3v) is 4.74. The van der Waals surface area contributed by atoms with Crippen LogP contribution in [0.25, 0.3) is 0 Å². The predicted octanol–water partition coefficient (Wildman–Crippen LogP) is 3.19. The molecule has 5 heteroatoms. The maximum Gasteiger partial charge on any atom is 0.417 e. The predicted molar refractivity (Wildman–Crippen MR) is 83.9 cm³/mol. The number of hydrogen-bond donors (Lipinski definition) is 0. The number of nitrogens with zero attached hydrogens (tertiary/aromatic N) is 1. The molecule has 0 bridgehead atoms. The number of cyclic esters (lactones) is 1. The number of carbonyl (C=O) groups excluding carboxylic acids is 3. The molecule has 122 valence electrons. The number of imide groups is 1. The van der Waals surface area contributed by atoms with Crippen LogP contribution in [-0.2, 0) is 9.53 Å². The summed E-state index contributed by atoms with van der Waals surface area (Å²) in [6, 6.07) is 7.88. The van der Waals surface area contributed by atoms with Gasteiger partial charge < -0.3 is 4.74 Å². The van der Waals surface area contributed by atoms with Gasteiger partial charge in [-0.05, 0) is 12.3 Å². The molecule has 1 saturated heterocycles. The topological polar surface area (TPSA) is 63.7 Å². The Morgan fingerprint density at radius 2 is 1.83 bits per heavy atom. The van der Waals surface area contributed by atoms with Gasteiger partial charge in [-0.25, -0.2) is 9.69 Å². The Morgan fingerprint density at radius 1 is 1.13 bits per heavy atom. The molecule has 0 spiro atoms. The molecule has 1 heterocycles. The van der Waals surface area contributed by atoms with Crippen molar-refractivity contribution in [3.05, 3.63) is 35.9 Å². The van der Waals surface area contributed by atoms with Crippen molar-refractivity contribution in [3.8, 4) is 0 Å². The van der Waals surface area contributed by atoms with E-state index in [9.17, 15) is 14.4 Å². The van der Waals surface area contributed by atoms with Crippen LogP contribution < -0.4 is 0 Å². The van der Waals surface area contributed by atoms with Crippen molar-refractivity contribution in [1.29, 1.82) is 0 Å². The lowest BCUT2D eigenvalue weighted by Gasteiger charge is -2.19. The highest BCUT2D eigenvalue weighted by molar-refractivity contribution is 6.07. The fraction of sp³-hybridized carbons (Fsp3) is 0.500. The second-order valence-corrected chi connectivity index (χ2v) is 6.28. The van der Waals surface area contributed by atoms with E-state index in [-0.39, 0.29) is 18.3 Å². The minimum Gasteiger partial charge on any atom is -0.446 e. The second-order valence-electron chi connectivity index (χ2n) is 6.28. The second kappa shape index (κ2) is 6.94. The Hall–Kier alpha value is -2.17. The van der Waals surface area contributed by atoms with Crippen molar-refractivity contribution in [2.75, 3.05) is 6.61 Å². The number of hydrogen-bond acceptors (Lipinski definition) is 4. The van der Waals surface area contributed by atoms with Crippen LogP contribution in [0.15, 0.2) is 30.3 Å². The van der Waals surface area contributed by atoms with Crippen LogP contribution in [-0.4, -0.2) is 35.3 Å². The van der Waals surface area contributed by atoms with Crippen molar-refractivity contribution < 1.29 is 19.1 Å². The van der Waals surface area contributed by atoms with Gasteiger partial charge in [0.15, 0.2) is 5.78 Å². The zero-order valence-corrected chi connectivity index (χ0v) is 13.1. The summed E-state index contributed by atoms with van der Waals surface area (Å²) in [5.74, 6) is 0.0280. The lowest BCUT2D eigenvalue weighted by Crippen LogP contribution is -2.43. The van der Waals surface area contributed by atoms with Crippen molar-refractivity contribution in [1.82, 2.24) is 4.90 Å². The van der Waals surface area contributed by atoms with Gasteiger partial charge in [-0.2, -0.15) is 0 Å². The highest BCUT2D eigenvalue weighted by Crippen LogP contribution is 2.29. The molecule has 1 aromatic rings. The highest BCUT2D eigenvalue weighted by atomic mass is 16.6. The number of benzene rings is 1. The largest absolute Gasteiger partial charge is 0.446 e. The number of ketones is 1. The van der Waals surface area contributed by atoms with E-state index in [0.29, 0.717) is 17.9 Å². The average molecular weight is 315 g/mol. The summed E-state index contributed by atoms with van der Waals surface area (Å²) >= 11 is 0. The molecule has 0 aromatic heterocycles. The van der Waals surface area contributed by atoms with Gasteiger partial charge in [0.1, 0.15) is 12.6 Å². The summed E-state index contributed by atoms with van der Waals surface area (Å²) in [5, 5.41) is 0. The first-order valence-electron chi connectivity index (χ1n) is 8.25. The molecule has 2 amide bonds. The summed E-state index contributed by atoms with van der Waals surface area (Å²) in [6.45, 7) is -0.0538. The highest BCUT2D eigenvalue weighted by Gasteiger charge is 2.42. The fourth-order valence-electron chi connectivity index (χ4n) is 3.43.